The quantitative estimate of drug-likeness (QED) is 0.770. The lowest BCUT2D eigenvalue weighted by Gasteiger charge is -2.12. The third kappa shape index (κ3) is 3.74. The number of carbonyl (C=O) groups is 1. The molecule has 3 rings (SSSR count). The molecule has 3 N–H and O–H groups in total. The molecule has 1 aliphatic rings. The van der Waals surface area contributed by atoms with Crippen LogP contribution in [0.4, 0.5) is 10.1 Å². The molecule has 1 aliphatic carbocycles. The van der Waals surface area contributed by atoms with E-state index in [4.69, 9.17) is 9.88 Å². The van der Waals surface area contributed by atoms with Crippen molar-refractivity contribution in [1.82, 2.24) is 0 Å². The lowest BCUT2D eigenvalue weighted by atomic mass is 10.0. The Balaban J connectivity index is 1.82. The van der Waals surface area contributed by atoms with Gasteiger partial charge in [0.25, 0.3) is 0 Å². The zero-order valence-electron chi connectivity index (χ0n) is 15.9. The van der Waals surface area contributed by atoms with E-state index in [1.54, 1.807) is 30.3 Å². The molecule has 0 spiro atoms. The maximum absolute atomic E-state index is 13.0. The zero-order valence-corrected chi connectivity index (χ0v) is 16.7. The van der Waals surface area contributed by atoms with E-state index in [1.165, 1.54) is 19.2 Å². The molecule has 0 radical (unpaired) electrons. The lowest BCUT2D eigenvalue weighted by molar-refractivity contribution is -0.118. The van der Waals surface area contributed by atoms with Gasteiger partial charge in [-0.3, -0.25) is 4.79 Å². The van der Waals surface area contributed by atoms with Crippen molar-refractivity contribution in [3.8, 4) is 5.75 Å². The molecule has 1 fully saturated rings. The van der Waals surface area contributed by atoms with Gasteiger partial charge in [-0.15, -0.1) is 0 Å². The number of halogens is 1. The minimum absolute atomic E-state index is 0.0310. The fourth-order valence-corrected chi connectivity index (χ4v) is 4.28. The maximum Gasteiger partial charge on any atom is 0.238 e. The maximum atomic E-state index is 13.0. The topological polar surface area (TPSA) is 98.5 Å². The van der Waals surface area contributed by atoms with Crippen LogP contribution in [-0.2, 0) is 21.5 Å². The summed E-state index contributed by atoms with van der Waals surface area (Å²) in [5.74, 6) is -0.123. The Kier molecular flexibility index (Phi) is 5.20. The number of benzene rings is 2. The molecule has 0 bridgehead atoms. The average molecular weight is 406 g/mol. The number of rotatable bonds is 6. The van der Waals surface area contributed by atoms with E-state index >= 15 is 0 Å². The highest BCUT2D eigenvalue weighted by molar-refractivity contribution is 7.89. The molecule has 6 nitrogen and oxygen atoms in total. The molecule has 150 valence electrons. The van der Waals surface area contributed by atoms with Crippen LogP contribution in [0.1, 0.15) is 30.9 Å². The highest BCUT2D eigenvalue weighted by Gasteiger charge is 2.62. The zero-order chi connectivity index (χ0) is 20.7. The predicted octanol–water partition coefficient (Wildman–Crippen LogP) is 3.19. The van der Waals surface area contributed by atoms with Gasteiger partial charge in [0.05, 0.1) is 23.6 Å². The highest BCUT2D eigenvalue weighted by atomic mass is 32.2. The van der Waals surface area contributed by atoms with Gasteiger partial charge in [0.1, 0.15) is 12.4 Å². The van der Waals surface area contributed by atoms with Crippen LogP contribution in [0.5, 0.6) is 5.75 Å². The fourth-order valence-electron chi connectivity index (χ4n) is 3.76. The Morgan fingerprint density at radius 2 is 1.86 bits per heavy atom. The number of sulfonamides is 1. The number of nitrogens with one attached hydrogen (secondary N) is 1. The van der Waals surface area contributed by atoms with E-state index in [1.807, 2.05) is 13.8 Å². The molecule has 2 aromatic rings. The number of alkyl halides is 1. The third-order valence-corrected chi connectivity index (χ3v) is 6.28. The van der Waals surface area contributed by atoms with Gasteiger partial charge in [-0.05, 0) is 40.8 Å². The molecular formula is C20H23FN2O4S. The second-order valence-electron chi connectivity index (χ2n) is 7.55. The number of anilines is 1. The largest absolute Gasteiger partial charge is 0.495 e. The van der Waals surface area contributed by atoms with E-state index in [0.29, 0.717) is 17.0 Å². The van der Waals surface area contributed by atoms with Crippen LogP contribution in [0.15, 0.2) is 47.4 Å². The molecular weight excluding hydrogens is 383 g/mol. The third-order valence-electron chi connectivity index (χ3n) is 5.35. The minimum atomic E-state index is -3.76. The Morgan fingerprint density at radius 3 is 2.39 bits per heavy atom. The molecule has 0 heterocycles. The van der Waals surface area contributed by atoms with E-state index in [-0.39, 0.29) is 28.1 Å². The minimum Gasteiger partial charge on any atom is -0.495 e. The van der Waals surface area contributed by atoms with Crippen LogP contribution < -0.4 is 15.2 Å². The molecule has 0 aliphatic heterocycles. The molecule has 1 amide bonds. The van der Waals surface area contributed by atoms with Gasteiger partial charge in [-0.25, -0.2) is 17.9 Å². The fraction of sp³-hybridized carbons (Fsp3) is 0.350. The van der Waals surface area contributed by atoms with Crippen molar-refractivity contribution < 1.29 is 22.3 Å². The SMILES string of the molecule is COc1ccc(CF)cc1NC(=O)[C@@H]1[C@@H](c2ccc(S(N)(=O)=O)cc2)C1(C)C. The van der Waals surface area contributed by atoms with Crippen molar-refractivity contribution in [3.63, 3.8) is 0 Å². The monoisotopic (exact) mass is 406 g/mol. The van der Waals surface area contributed by atoms with Crippen molar-refractivity contribution >= 4 is 21.6 Å². The standard InChI is InChI=1S/C20H23FN2O4S/c1-20(2)17(13-5-7-14(8-6-13)28(22,25)26)18(20)19(24)23-15-10-12(11-21)4-9-16(15)27-3/h4-10,17-18H,11H2,1-3H3,(H,23,24)(H2,22,25,26)/t17-,18+/m1/s1. The number of ether oxygens (including phenoxy) is 1. The van der Waals surface area contributed by atoms with Crippen LogP contribution in [0.25, 0.3) is 0 Å². The van der Waals surface area contributed by atoms with Crippen LogP contribution in [0.3, 0.4) is 0 Å². The Hall–Kier alpha value is -2.45. The summed E-state index contributed by atoms with van der Waals surface area (Å²) < 4.78 is 41.1. The Morgan fingerprint density at radius 1 is 1.21 bits per heavy atom. The van der Waals surface area contributed by atoms with E-state index in [9.17, 15) is 17.6 Å². The highest BCUT2D eigenvalue weighted by Crippen LogP contribution is 2.64. The molecule has 1 saturated carbocycles. The number of nitrogens with two attached hydrogens (primary N) is 1. The van der Waals surface area contributed by atoms with Gasteiger partial charge in [0, 0.05) is 5.92 Å². The van der Waals surface area contributed by atoms with Crippen LogP contribution in [-0.4, -0.2) is 21.4 Å². The first-order chi connectivity index (χ1) is 13.1. The Labute approximate surface area is 163 Å². The van der Waals surface area contributed by atoms with Crippen molar-refractivity contribution in [2.45, 2.75) is 31.3 Å². The molecule has 0 aromatic heterocycles. The van der Waals surface area contributed by atoms with Gasteiger partial charge in [0.15, 0.2) is 0 Å². The first-order valence-corrected chi connectivity index (χ1v) is 10.3. The van der Waals surface area contributed by atoms with Crippen molar-refractivity contribution in [3.05, 3.63) is 53.6 Å². The van der Waals surface area contributed by atoms with Crippen LogP contribution in [0.2, 0.25) is 0 Å². The van der Waals surface area contributed by atoms with Crippen molar-refractivity contribution in [1.29, 1.82) is 0 Å². The van der Waals surface area contributed by atoms with Crippen LogP contribution >= 0.6 is 0 Å². The van der Waals surface area contributed by atoms with Crippen molar-refractivity contribution in [2.75, 3.05) is 12.4 Å². The number of carbonyl (C=O) groups excluding carboxylic acids is 1. The van der Waals surface area contributed by atoms with E-state index in [0.717, 1.165) is 5.56 Å². The molecule has 8 heteroatoms. The lowest BCUT2D eigenvalue weighted by Crippen LogP contribution is -2.17. The first-order valence-electron chi connectivity index (χ1n) is 8.76. The summed E-state index contributed by atoms with van der Waals surface area (Å²) in [7, 11) is -2.28. The second kappa shape index (κ2) is 7.18. The number of hydrogen-bond donors (Lipinski definition) is 2. The molecule has 28 heavy (non-hydrogen) atoms. The summed E-state index contributed by atoms with van der Waals surface area (Å²) in [6.45, 7) is 3.32. The average Bonchev–Trinajstić information content (AvgIpc) is 3.23. The van der Waals surface area contributed by atoms with Gasteiger partial charge in [-0.1, -0.05) is 32.0 Å². The Bertz CT molecular complexity index is 1000. The summed E-state index contributed by atoms with van der Waals surface area (Å²) in [6, 6.07) is 11.0. The van der Waals surface area contributed by atoms with Gasteiger partial charge < -0.3 is 10.1 Å². The summed E-state index contributed by atoms with van der Waals surface area (Å²) in [4.78, 5) is 12.9. The van der Waals surface area contributed by atoms with Crippen molar-refractivity contribution in [2.24, 2.45) is 16.5 Å². The molecule has 2 atom stereocenters. The number of methoxy groups -OCH3 is 1. The molecule has 0 unspecified atom stereocenters. The second-order valence-corrected chi connectivity index (χ2v) is 9.11. The summed E-state index contributed by atoms with van der Waals surface area (Å²) in [5, 5.41) is 7.98. The predicted molar refractivity (Wildman–Crippen MR) is 104 cm³/mol. The summed E-state index contributed by atoms with van der Waals surface area (Å²) in [6.07, 6.45) is 0. The van der Waals surface area contributed by atoms with E-state index in [2.05, 4.69) is 5.32 Å². The first kappa shape index (κ1) is 20.3. The number of hydrogen-bond acceptors (Lipinski definition) is 4. The van der Waals surface area contributed by atoms with Gasteiger partial charge >= 0.3 is 0 Å². The van der Waals surface area contributed by atoms with E-state index < -0.39 is 16.7 Å². The smallest absolute Gasteiger partial charge is 0.238 e. The number of primary sulfonamides is 1. The van der Waals surface area contributed by atoms with Gasteiger partial charge in [0.2, 0.25) is 15.9 Å². The molecule has 0 saturated heterocycles. The summed E-state index contributed by atoms with van der Waals surface area (Å²) >= 11 is 0. The van der Waals surface area contributed by atoms with Gasteiger partial charge in [-0.2, -0.15) is 0 Å². The normalized spacial score (nSPS) is 20.5. The molecule has 2 aromatic carbocycles. The summed E-state index contributed by atoms with van der Waals surface area (Å²) in [5.41, 5.74) is 1.43. The number of amides is 1. The van der Waals surface area contributed by atoms with Crippen LogP contribution in [0, 0.1) is 11.3 Å².